The van der Waals surface area contributed by atoms with Crippen LogP contribution in [0.4, 0.5) is 11.4 Å². The molecule has 8 heterocycles. The lowest BCUT2D eigenvalue weighted by Crippen LogP contribution is -2.28. The van der Waals surface area contributed by atoms with E-state index in [-0.39, 0.29) is 22.9 Å². The molecule has 6 aromatic heterocycles. The van der Waals surface area contributed by atoms with Gasteiger partial charge in [-0.3, -0.25) is 47.6 Å². The van der Waals surface area contributed by atoms with Crippen molar-refractivity contribution >= 4 is 95.3 Å². The summed E-state index contributed by atoms with van der Waals surface area (Å²) in [6, 6.07) is 30.3. The molecule has 0 unspecified atom stereocenters. The molecule has 388 valence electrons. The molecule has 0 saturated carbocycles. The molecular weight excluding hydrogens is 1040 g/mol. The van der Waals surface area contributed by atoms with E-state index in [1.165, 1.54) is 23.0 Å². The molecule has 4 aromatic carbocycles. The molecule has 0 aliphatic carbocycles. The van der Waals surface area contributed by atoms with Crippen molar-refractivity contribution in [2.75, 3.05) is 22.9 Å². The Hall–Kier alpha value is -8.58. The quantitative estimate of drug-likeness (QED) is 0.0929. The van der Waals surface area contributed by atoms with Gasteiger partial charge < -0.3 is 19.8 Å². The van der Waals surface area contributed by atoms with Crippen molar-refractivity contribution < 1.29 is 19.6 Å². The van der Waals surface area contributed by atoms with Crippen LogP contribution >= 0.6 is 15.9 Å². The number of pyridine rings is 4. The number of benzene rings is 4. The first kappa shape index (κ1) is 53.3. The highest BCUT2D eigenvalue weighted by molar-refractivity contribution is 9.10. The maximum Gasteiger partial charge on any atom is 0.491 e. The predicted octanol–water partition coefficient (Wildman–Crippen LogP) is 8.54. The fourth-order valence-electron chi connectivity index (χ4n) is 9.32. The number of anilines is 2. The highest BCUT2D eigenvalue weighted by atomic mass is 79.9. The summed E-state index contributed by atoms with van der Waals surface area (Å²) in [5, 5.41) is 28.6. The molecular formula is C59H56BBrN10O6. The van der Waals surface area contributed by atoms with Gasteiger partial charge in [0.2, 0.25) is 11.8 Å². The number of aryl methyl sites for hydroxylation is 2. The van der Waals surface area contributed by atoms with Gasteiger partial charge >= 0.3 is 7.12 Å². The number of aromatic nitrogens is 8. The molecule has 18 heteroatoms. The minimum atomic E-state index is -1.40. The SMILES string of the molecule is C=CC(=O)N1CCc2ccc(-n3c(=O)ccc4cnc5ccc(-c6cnn(C)c6)cc5c43)cc21.C=CC(=O)N1CCc2ccc(-n3c(=O)ccc4cnc5ccc(Br)cc5c43)cc21.CC(C)(C)C.Cn1cc(B(O)O)cn1. The van der Waals surface area contributed by atoms with Crippen LogP contribution in [-0.2, 0) is 36.5 Å². The Balaban J connectivity index is 0.000000152. The molecule has 0 bridgehead atoms. The zero-order valence-corrected chi connectivity index (χ0v) is 45.1. The molecule has 10 aromatic rings. The molecule has 2 aliphatic rings. The van der Waals surface area contributed by atoms with E-state index in [2.05, 4.69) is 83.0 Å². The first-order valence-corrected chi connectivity index (χ1v) is 25.6. The summed E-state index contributed by atoms with van der Waals surface area (Å²) in [5.41, 5.74) is 11.0. The number of amides is 2. The number of halogens is 1. The Kier molecular flexibility index (Phi) is 15.2. The summed E-state index contributed by atoms with van der Waals surface area (Å²) in [6.07, 6.45) is 14.5. The van der Waals surface area contributed by atoms with Crippen LogP contribution in [0.1, 0.15) is 38.8 Å². The van der Waals surface area contributed by atoms with Crippen molar-refractivity contribution in [3.63, 3.8) is 0 Å². The number of fused-ring (bicyclic) bond motifs is 8. The average Bonchev–Trinajstić information content (AvgIpc) is 4.27. The molecule has 0 atom stereocenters. The van der Waals surface area contributed by atoms with Gasteiger partial charge in [-0.25, -0.2) is 0 Å². The third-order valence-corrected chi connectivity index (χ3v) is 13.3. The van der Waals surface area contributed by atoms with E-state index in [1.54, 1.807) is 73.5 Å². The van der Waals surface area contributed by atoms with Crippen LogP contribution in [0.2, 0.25) is 0 Å². The summed E-state index contributed by atoms with van der Waals surface area (Å²) < 4.78 is 7.59. The van der Waals surface area contributed by atoms with E-state index in [0.29, 0.717) is 29.7 Å². The highest BCUT2D eigenvalue weighted by Gasteiger charge is 2.26. The number of nitrogens with zero attached hydrogens (tertiary/aromatic N) is 10. The van der Waals surface area contributed by atoms with Crippen LogP contribution in [0.3, 0.4) is 0 Å². The summed E-state index contributed by atoms with van der Waals surface area (Å²) in [7, 11) is 2.19. The lowest BCUT2D eigenvalue weighted by atomic mass is 9.83. The largest absolute Gasteiger partial charge is 0.491 e. The second-order valence-corrected chi connectivity index (χ2v) is 21.2. The number of carbonyl (C=O) groups is 2. The van der Waals surface area contributed by atoms with Crippen LogP contribution < -0.4 is 26.4 Å². The van der Waals surface area contributed by atoms with Gasteiger partial charge in [-0.15, -0.1) is 0 Å². The molecule has 2 amide bonds. The van der Waals surface area contributed by atoms with Crippen LogP contribution in [0.15, 0.2) is 174 Å². The van der Waals surface area contributed by atoms with Gasteiger partial charge in [0.15, 0.2) is 0 Å². The minimum Gasteiger partial charge on any atom is -0.423 e. The first-order valence-electron chi connectivity index (χ1n) is 24.8. The van der Waals surface area contributed by atoms with Crippen LogP contribution in [0, 0.1) is 5.41 Å². The summed E-state index contributed by atoms with van der Waals surface area (Å²) in [4.78, 5) is 63.4. The molecule has 0 saturated heterocycles. The highest BCUT2D eigenvalue weighted by Crippen LogP contribution is 2.35. The molecule has 0 spiro atoms. The van der Waals surface area contributed by atoms with Crippen molar-refractivity contribution in [1.29, 1.82) is 0 Å². The van der Waals surface area contributed by atoms with Gasteiger partial charge in [0.05, 0.1) is 39.6 Å². The third-order valence-electron chi connectivity index (χ3n) is 12.8. The normalized spacial score (nSPS) is 12.5. The van der Waals surface area contributed by atoms with E-state index in [9.17, 15) is 19.2 Å². The first-order chi connectivity index (χ1) is 36.8. The Bertz CT molecular complexity index is 4070. The van der Waals surface area contributed by atoms with Gasteiger partial charge in [0, 0.05) is 119 Å². The smallest absolute Gasteiger partial charge is 0.423 e. The van der Waals surface area contributed by atoms with Crippen molar-refractivity contribution in [1.82, 2.24) is 38.7 Å². The second kappa shape index (κ2) is 21.9. The predicted molar refractivity (Wildman–Crippen MR) is 310 cm³/mol. The molecule has 16 nitrogen and oxygen atoms in total. The monoisotopic (exact) mass is 1090 g/mol. The number of hydrogen-bond acceptors (Lipinski definition) is 10. The topological polar surface area (TPSA) is 186 Å². The van der Waals surface area contributed by atoms with Crippen LogP contribution in [0.5, 0.6) is 0 Å². The fourth-order valence-corrected chi connectivity index (χ4v) is 9.68. The number of hydrogen-bond donors (Lipinski definition) is 2. The second-order valence-electron chi connectivity index (χ2n) is 20.3. The van der Waals surface area contributed by atoms with Crippen molar-refractivity contribution in [3.05, 3.63) is 196 Å². The van der Waals surface area contributed by atoms with Crippen LogP contribution in [0.25, 0.3) is 66.1 Å². The van der Waals surface area contributed by atoms with E-state index in [0.717, 1.165) is 100 Å². The van der Waals surface area contributed by atoms with Gasteiger partial charge in [0.1, 0.15) is 0 Å². The van der Waals surface area contributed by atoms with E-state index in [1.807, 2.05) is 86.2 Å². The molecule has 0 radical (unpaired) electrons. The Morgan fingerprint density at radius 1 is 0.610 bits per heavy atom. The van der Waals surface area contributed by atoms with E-state index in [4.69, 9.17) is 10.0 Å². The zero-order valence-electron chi connectivity index (χ0n) is 43.6. The molecule has 2 N–H and O–H groups in total. The Morgan fingerprint density at radius 3 is 1.53 bits per heavy atom. The lowest BCUT2D eigenvalue weighted by Gasteiger charge is -2.18. The Morgan fingerprint density at radius 2 is 1.09 bits per heavy atom. The minimum absolute atomic E-state index is 0.134. The van der Waals surface area contributed by atoms with Crippen molar-refractivity contribution in [2.24, 2.45) is 19.5 Å². The maximum absolute atomic E-state index is 13.2. The number of rotatable bonds is 6. The zero-order chi connectivity index (χ0) is 54.9. The standard InChI is InChI=1S/C27H21N5O2.C23H16BrN3O2.C5H12.C4H7BN2O2/c1-3-25(33)31-11-10-17-4-7-21(13-24(17)31)32-26(34)9-6-19-14-28-23-8-5-18(12-22(23)27(19)32)20-15-29-30(2)16-20;1-2-21(28)26-10-9-14-3-6-17(12-20(14)26)27-22(29)8-4-15-13-25-19-7-5-16(24)11-18(19)23(15)27;1-5(2,3)4;1-7-3-4(2-6-7)5(8)9/h3-9,12-16H,1,10-11H2,2H3;2-8,11-13H,1,9-10H2;1-4H3;2-3,8-9H,1H3. The van der Waals surface area contributed by atoms with Crippen LogP contribution in [-0.4, -0.2) is 80.7 Å². The lowest BCUT2D eigenvalue weighted by molar-refractivity contribution is -0.114. The average molecular weight is 1090 g/mol. The van der Waals surface area contributed by atoms with Gasteiger partial charge in [-0.2, -0.15) is 10.2 Å². The fraction of sp³-hybridized carbons (Fsp3) is 0.186. The van der Waals surface area contributed by atoms with Crippen molar-refractivity contribution in [3.8, 4) is 22.5 Å². The maximum atomic E-state index is 13.2. The summed E-state index contributed by atoms with van der Waals surface area (Å²) in [6.45, 7) is 17.2. The summed E-state index contributed by atoms with van der Waals surface area (Å²) in [5.74, 6) is -0.276. The number of carbonyl (C=O) groups excluding carboxylic acids is 2. The van der Waals surface area contributed by atoms with Crippen molar-refractivity contribution in [2.45, 2.75) is 40.5 Å². The summed E-state index contributed by atoms with van der Waals surface area (Å²) >= 11 is 3.52. The van der Waals surface area contributed by atoms with E-state index >= 15 is 0 Å². The third kappa shape index (κ3) is 11.4. The molecule has 0 fully saturated rings. The van der Waals surface area contributed by atoms with E-state index < -0.39 is 7.12 Å². The molecule has 77 heavy (non-hydrogen) atoms. The molecule has 2 aliphatic heterocycles. The molecule has 12 rings (SSSR count). The van der Waals surface area contributed by atoms with Gasteiger partial charge in [-0.1, -0.05) is 75.0 Å². The van der Waals surface area contributed by atoms with Gasteiger partial charge in [0.25, 0.3) is 11.1 Å². The van der Waals surface area contributed by atoms with Gasteiger partial charge in [-0.05, 0) is 114 Å². The Labute approximate surface area is 452 Å².